The zero-order valence-corrected chi connectivity index (χ0v) is 23.6. The number of nitrogens with zero attached hydrogens (tertiary/aromatic N) is 8. The van der Waals surface area contributed by atoms with Crippen LogP contribution in [-0.2, 0) is 0 Å². The molecule has 0 spiro atoms. The van der Waals surface area contributed by atoms with E-state index in [4.69, 9.17) is 0 Å². The summed E-state index contributed by atoms with van der Waals surface area (Å²) in [7, 11) is 0. The van der Waals surface area contributed by atoms with E-state index in [0.29, 0.717) is 0 Å². The van der Waals surface area contributed by atoms with Gasteiger partial charge < -0.3 is 9.97 Å². The van der Waals surface area contributed by atoms with Gasteiger partial charge in [-0.3, -0.25) is 0 Å². The van der Waals surface area contributed by atoms with Gasteiger partial charge in [-0.2, -0.15) is 10.5 Å². The van der Waals surface area contributed by atoms with E-state index in [9.17, 15) is 10.5 Å². The minimum atomic E-state index is -0.123. The van der Waals surface area contributed by atoms with E-state index < -0.39 is 0 Å². The van der Waals surface area contributed by atoms with Gasteiger partial charge in [-0.15, -0.1) is 22.7 Å². The first-order valence-electron chi connectivity index (χ1n) is 12.9. The lowest BCUT2D eigenvalue weighted by Crippen LogP contribution is -1.93. The van der Waals surface area contributed by atoms with Gasteiger partial charge >= 0.3 is 0 Å². The van der Waals surface area contributed by atoms with Crippen LogP contribution in [0.4, 0.5) is 0 Å². The average Bonchev–Trinajstić information content (AvgIpc) is 3.80. The Morgan fingerprint density at radius 3 is 1.55 bits per heavy atom. The molecule has 40 heavy (non-hydrogen) atoms. The molecule has 6 heterocycles. The molecule has 0 saturated heterocycles. The van der Waals surface area contributed by atoms with Crippen LogP contribution >= 0.6 is 22.7 Å². The van der Waals surface area contributed by atoms with E-state index in [0.717, 1.165) is 78.9 Å². The van der Waals surface area contributed by atoms with Crippen molar-refractivity contribution >= 4 is 44.7 Å². The van der Waals surface area contributed by atoms with E-state index in [1.807, 2.05) is 24.5 Å². The fourth-order valence-corrected chi connectivity index (χ4v) is 6.33. The molecule has 6 aromatic heterocycles. The smallest absolute Gasteiger partial charge is 0.141 e. The van der Waals surface area contributed by atoms with Crippen molar-refractivity contribution in [3.63, 3.8) is 0 Å². The fourth-order valence-electron chi connectivity index (χ4n) is 4.32. The molecule has 0 radical (unpaired) electrons. The predicted molar refractivity (Wildman–Crippen MR) is 157 cm³/mol. The lowest BCUT2D eigenvalue weighted by Gasteiger charge is -2.01. The monoisotopic (exact) mass is 566 g/mol. The Bertz CT molecular complexity index is 1670. The van der Waals surface area contributed by atoms with Crippen molar-refractivity contribution in [2.45, 2.75) is 51.4 Å². The molecule has 0 aliphatic carbocycles. The molecular formula is C28H26N10S2. The highest BCUT2D eigenvalue weighted by Crippen LogP contribution is 2.34. The zero-order valence-electron chi connectivity index (χ0n) is 22.0. The third kappa shape index (κ3) is 5.59. The van der Waals surface area contributed by atoms with Crippen LogP contribution in [0.1, 0.15) is 61.4 Å². The Balaban J connectivity index is 0.000000161. The molecule has 0 bridgehead atoms. The topological polar surface area (TPSA) is 156 Å². The number of aromatic nitrogens is 8. The molecule has 0 aliphatic heterocycles. The predicted octanol–water partition coefficient (Wildman–Crippen LogP) is 6.98. The molecule has 0 amide bonds. The SMILES string of the molecule is CCC[C@@H](C#N)c1ncc(-c2ncnc3[nH]ccc23)s1.CCC[C@H](C#N)c1ncc(-c2ncnc3[nH]ccc23)s1. The fraction of sp³-hybridized carbons (Fsp3) is 0.286. The maximum atomic E-state index is 9.22. The molecule has 12 heteroatoms. The van der Waals surface area contributed by atoms with Crippen LogP contribution in [0.15, 0.2) is 49.6 Å². The first kappa shape index (κ1) is 27.1. The van der Waals surface area contributed by atoms with Crippen molar-refractivity contribution in [2.24, 2.45) is 0 Å². The van der Waals surface area contributed by atoms with Crippen LogP contribution in [0.2, 0.25) is 0 Å². The minimum Gasteiger partial charge on any atom is -0.346 e. The minimum absolute atomic E-state index is 0.123. The summed E-state index contributed by atoms with van der Waals surface area (Å²) in [5.41, 5.74) is 3.37. The van der Waals surface area contributed by atoms with Crippen molar-refractivity contribution in [3.8, 4) is 33.3 Å². The van der Waals surface area contributed by atoms with Gasteiger partial charge in [0.05, 0.1) is 45.1 Å². The van der Waals surface area contributed by atoms with E-state index in [1.165, 1.54) is 22.7 Å². The third-order valence-corrected chi connectivity index (χ3v) is 8.52. The van der Waals surface area contributed by atoms with Gasteiger partial charge in [-0.1, -0.05) is 26.7 Å². The molecule has 6 rings (SSSR count). The van der Waals surface area contributed by atoms with Crippen LogP contribution in [-0.4, -0.2) is 39.9 Å². The largest absolute Gasteiger partial charge is 0.346 e. The summed E-state index contributed by atoms with van der Waals surface area (Å²) in [4.78, 5) is 34.0. The first-order valence-corrected chi connectivity index (χ1v) is 14.6. The highest BCUT2D eigenvalue weighted by atomic mass is 32.1. The van der Waals surface area contributed by atoms with Crippen LogP contribution in [0.3, 0.4) is 0 Å². The van der Waals surface area contributed by atoms with Crippen LogP contribution < -0.4 is 0 Å². The van der Waals surface area contributed by atoms with E-state index in [-0.39, 0.29) is 11.8 Å². The Kier molecular flexibility index (Phi) is 8.50. The number of nitrogens with one attached hydrogen (secondary N) is 2. The Morgan fingerprint density at radius 1 is 0.700 bits per heavy atom. The number of rotatable bonds is 8. The second-order valence-electron chi connectivity index (χ2n) is 8.99. The Labute approximate surface area is 238 Å². The molecule has 0 fully saturated rings. The molecule has 2 N–H and O–H groups in total. The van der Waals surface area contributed by atoms with Gasteiger partial charge in [0.2, 0.25) is 0 Å². The van der Waals surface area contributed by atoms with Gasteiger partial charge in [0.15, 0.2) is 0 Å². The van der Waals surface area contributed by atoms with Crippen LogP contribution in [0.5, 0.6) is 0 Å². The van der Waals surface area contributed by atoms with Gasteiger partial charge in [0.1, 0.15) is 34.0 Å². The summed E-state index contributed by atoms with van der Waals surface area (Å²) in [6.07, 6.45) is 14.0. The Hall–Kier alpha value is -4.52. The van der Waals surface area contributed by atoms with Crippen LogP contribution in [0, 0.1) is 22.7 Å². The molecule has 0 unspecified atom stereocenters. The summed E-state index contributed by atoms with van der Waals surface area (Å²) in [6, 6.07) is 8.56. The van der Waals surface area contributed by atoms with Crippen molar-refractivity contribution < 1.29 is 0 Å². The molecule has 10 nitrogen and oxygen atoms in total. The average molecular weight is 567 g/mol. The summed E-state index contributed by atoms with van der Waals surface area (Å²) in [5, 5.41) is 22.1. The summed E-state index contributed by atoms with van der Waals surface area (Å²) in [6.45, 7) is 4.15. The first-order chi connectivity index (χ1) is 19.7. The van der Waals surface area contributed by atoms with Crippen LogP contribution in [0.25, 0.3) is 43.2 Å². The normalized spacial score (nSPS) is 12.4. The van der Waals surface area contributed by atoms with Gasteiger partial charge in [-0.25, -0.2) is 29.9 Å². The number of fused-ring (bicyclic) bond motifs is 2. The lowest BCUT2D eigenvalue weighted by molar-refractivity contribution is 0.722. The highest BCUT2D eigenvalue weighted by molar-refractivity contribution is 7.15. The standard InChI is InChI=1S/2C14H13N5S/c2*1-2-3-9(6-15)14-17-7-11(20-14)12-10-4-5-16-13(10)19-8-18-12/h2*4-5,7-9H,2-3H2,1H3,(H,16,18,19)/t2*9-/m10/s1. The third-order valence-electron chi connectivity index (χ3n) is 6.28. The highest BCUT2D eigenvalue weighted by Gasteiger charge is 2.18. The number of nitriles is 2. The Morgan fingerprint density at radius 2 is 1.15 bits per heavy atom. The molecule has 200 valence electrons. The number of hydrogen-bond donors (Lipinski definition) is 2. The summed E-state index contributed by atoms with van der Waals surface area (Å²) in [5.74, 6) is -0.246. The van der Waals surface area contributed by atoms with E-state index in [2.05, 4.69) is 65.9 Å². The summed E-state index contributed by atoms with van der Waals surface area (Å²) >= 11 is 3.08. The van der Waals surface area contributed by atoms with Crippen molar-refractivity contribution in [2.75, 3.05) is 0 Å². The van der Waals surface area contributed by atoms with E-state index in [1.54, 1.807) is 25.0 Å². The molecule has 0 saturated carbocycles. The van der Waals surface area contributed by atoms with Crippen molar-refractivity contribution in [3.05, 3.63) is 59.6 Å². The number of H-pyrrole nitrogens is 2. The van der Waals surface area contributed by atoms with Gasteiger partial charge in [0.25, 0.3) is 0 Å². The molecular weight excluding hydrogens is 541 g/mol. The van der Waals surface area contributed by atoms with Crippen molar-refractivity contribution in [1.82, 2.24) is 39.9 Å². The van der Waals surface area contributed by atoms with Crippen molar-refractivity contribution in [1.29, 1.82) is 10.5 Å². The summed E-state index contributed by atoms with van der Waals surface area (Å²) < 4.78 is 0. The number of thiazole rings is 2. The maximum Gasteiger partial charge on any atom is 0.141 e. The molecule has 2 atom stereocenters. The molecule has 0 aromatic carbocycles. The van der Waals surface area contributed by atoms with Gasteiger partial charge in [-0.05, 0) is 25.0 Å². The second-order valence-corrected chi connectivity index (χ2v) is 11.1. The van der Waals surface area contributed by atoms with Gasteiger partial charge in [0, 0.05) is 35.6 Å². The quantitative estimate of drug-likeness (QED) is 0.200. The number of hydrogen-bond acceptors (Lipinski definition) is 10. The molecule has 6 aromatic rings. The number of aromatic amines is 2. The lowest BCUT2D eigenvalue weighted by atomic mass is 10.1. The zero-order chi connectivity index (χ0) is 27.9. The second kappa shape index (κ2) is 12.6. The molecule has 0 aliphatic rings. The maximum absolute atomic E-state index is 9.22. The van der Waals surface area contributed by atoms with E-state index >= 15 is 0 Å².